The van der Waals surface area contributed by atoms with Crippen molar-refractivity contribution in [3.05, 3.63) is 74.8 Å². The first-order valence-electron chi connectivity index (χ1n) is 6.39. The zero-order chi connectivity index (χ0) is 13.9. The van der Waals surface area contributed by atoms with Crippen molar-refractivity contribution in [2.24, 2.45) is 0 Å². The fourth-order valence-electron chi connectivity index (χ4n) is 2.18. The predicted molar refractivity (Wildman–Crippen MR) is 95.4 cm³/mol. The molecular formula is C17H13ClIN. The Kier molecular flexibility index (Phi) is 4.13. The van der Waals surface area contributed by atoms with Crippen LogP contribution in [0.5, 0.6) is 0 Å². The van der Waals surface area contributed by atoms with E-state index in [1.807, 2.05) is 12.1 Å². The van der Waals surface area contributed by atoms with E-state index in [9.17, 15) is 0 Å². The number of hydrogen-bond donors (Lipinski definition) is 1. The predicted octanol–water partition coefficient (Wildman–Crippen LogP) is 5.71. The summed E-state index contributed by atoms with van der Waals surface area (Å²) in [7, 11) is 0. The Hall–Kier alpha value is -1.26. The second-order valence-electron chi connectivity index (χ2n) is 4.66. The molecule has 100 valence electrons. The molecule has 1 N–H and O–H groups in total. The minimum Gasteiger partial charge on any atom is -0.380 e. The summed E-state index contributed by atoms with van der Waals surface area (Å²) in [5.41, 5.74) is 2.22. The van der Waals surface area contributed by atoms with Crippen LogP contribution in [-0.2, 0) is 6.54 Å². The van der Waals surface area contributed by atoms with Crippen LogP contribution in [0.15, 0.2) is 60.7 Å². The van der Waals surface area contributed by atoms with Gasteiger partial charge in [-0.25, -0.2) is 0 Å². The minimum atomic E-state index is 0.762. The fourth-order valence-corrected chi connectivity index (χ4v) is 3.10. The molecule has 20 heavy (non-hydrogen) atoms. The smallest absolute Gasteiger partial charge is 0.0648 e. The van der Waals surface area contributed by atoms with Gasteiger partial charge in [0, 0.05) is 10.1 Å². The summed E-state index contributed by atoms with van der Waals surface area (Å²) in [4.78, 5) is 0. The lowest BCUT2D eigenvalue weighted by atomic mass is 10.1. The number of fused-ring (bicyclic) bond motifs is 1. The summed E-state index contributed by atoms with van der Waals surface area (Å²) in [5.74, 6) is 0. The number of rotatable bonds is 3. The number of halogens is 2. The second kappa shape index (κ2) is 6.02. The van der Waals surface area contributed by atoms with Crippen LogP contribution in [0.25, 0.3) is 10.8 Å². The van der Waals surface area contributed by atoms with Crippen LogP contribution in [0.1, 0.15) is 5.56 Å². The molecule has 3 aromatic carbocycles. The van der Waals surface area contributed by atoms with Crippen LogP contribution >= 0.6 is 34.2 Å². The van der Waals surface area contributed by atoms with E-state index in [1.165, 1.54) is 16.3 Å². The molecule has 3 heteroatoms. The first-order chi connectivity index (χ1) is 9.72. The Morgan fingerprint density at radius 3 is 2.50 bits per heavy atom. The molecule has 0 fully saturated rings. The summed E-state index contributed by atoms with van der Waals surface area (Å²) >= 11 is 8.48. The van der Waals surface area contributed by atoms with Crippen molar-refractivity contribution in [1.82, 2.24) is 0 Å². The highest BCUT2D eigenvalue weighted by Gasteiger charge is 2.01. The molecule has 3 aromatic rings. The van der Waals surface area contributed by atoms with Crippen LogP contribution in [0, 0.1) is 3.57 Å². The van der Waals surface area contributed by atoms with Gasteiger partial charge in [0.25, 0.3) is 0 Å². The molecule has 0 aliphatic rings. The number of hydrogen-bond acceptors (Lipinski definition) is 1. The quantitative estimate of drug-likeness (QED) is 0.562. The number of nitrogens with one attached hydrogen (secondary N) is 1. The molecule has 0 heterocycles. The standard InChI is InChI=1S/C17H13ClIN/c18-16-10-15(19)7-8-17(16)20-11-12-5-6-13-3-1-2-4-14(13)9-12/h1-10,20H,11H2. The van der Waals surface area contributed by atoms with Crippen molar-refractivity contribution in [2.45, 2.75) is 6.54 Å². The number of benzene rings is 3. The minimum absolute atomic E-state index is 0.762. The van der Waals surface area contributed by atoms with E-state index < -0.39 is 0 Å². The van der Waals surface area contributed by atoms with Gasteiger partial charge in [-0.05, 0) is 63.2 Å². The average molecular weight is 394 g/mol. The molecule has 0 amide bonds. The Labute approximate surface area is 137 Å². The van der Waals surface area contributed by atoms with E-state index in [2.05, 4.69) is 76.4 Å². The molecule has 0 aliphatic heterocycles. The van der Waals surface area contributed by atoms with Crippen molar-refractivity contribution in [1.29, 1.82) is 0 Å². The van der Waals surface area contributed by atoms with Gasteiger partial charge in [-0.15, -0.1) is 0 Å². The number of anilines is 1. The third kappa shape index (κ3) is 3.07. The van der Waals surface area contributed by atoms with Gasteiger partial charge in [-0.2, -0.15) is 0 Å². The van der Waals surface area contributed by atoms with E-state index in [0.29, 0.717) is 0 Å². The highest BCUT2D eigenvalue weighted by atomic mass is 127. The monoisotopic (exact) mass is 393 g/mol. The Balaban J connectivity index is 1.79. The summed E-state index contributed by atoms with van der Waals surface area (Å²) in [6.45, 7) is 0.769. The SMILES string of the molecule is Clc1cc(I)ccc1NCc1ccc2ccccc2c1. The van der Waals surface area contributed by atoms with Crippen molar-refractivity contribution in [3.63, 3.8) is 0 Å². The lowest BCUT2D eigenvalue weighted by Crippen LogP contribution is -2.00. The molecule has 0 saturated carbocycles. The maximum Gasteiger partial charge on any atom is 0.0648 e. The van der Waals surface area contributed by atoms with Crippen molar-refractivity contribution < 1.29 is 0 Å². The van der Waals surface area contributed by atoms with Crippen molar-refractivity contribution in [2.75, 3.05) is 5.32 Å². The van der Waals surface area contributed by atoms with Gasteiger partial charge in [-0.3, -0.25) is 0 Å². The van der Waals surface area contributed by atoms with Crippen LogP contribution in [0.2, 0.25) is 5.02 Å². The molecule has 1 nitrogen and oxygen atoms in total. The molecule has 0 aromatic heterocycles. The normalized spacial score (nSPS) is 10.7. The van der Waals surface area contributed by atoms with Crippen molar-refractivity contribution >= 4 is 50.7 Å². The highest BCUT2D eigenvalue weighted by molar-refractivity contribution is 14.1. The molecule has 0 atom stereocenters. The zero-order valence-corrected chi connectivity index (χ0v) is 13.6. The first-order valence-corrected chi connectivity index (χ1v) is 7.85. The van der Waals surface area contributed by atoms with E-state index in [-0.39, 0.29) is 0 Å². The van der Waals surface area contributed by atoms with Crippen LogP contribution in [-0.4, -0.2) is 0 Å². The summed E-state index contributed by atoms with van der Waals surface area (Å²) < 4.78 is 1.14. The largest absolute Gasteiger partial charge is 0.380 e. The van der Waals surface area contributed by atoms with Crippen LogP contribution in [0.4, 0.5) is 5.69 Å². The van der Waals surface area contributed by atoms with E-state index in [0.717, 1.165) is 20.8 Å². The molecule has 3 rings (SSSR count). The topological polar surface area (TPSA) is 12.0 Å². The Morgan fingerprint density at radius 1 is 0.900 bits per heavy atom. The van der Waals surface area contributed by atoms with Gasteiger partial charge in [0.05, 0.1) is 10.7 Å². The van der Waals surface area contributed by atoms with Crippen LogP contribution in [0.3, 0.4) is 0 Å². The maximum atomic E-state index is 6.22. The Bertz CT molecular complexity index is 755. The van der Waals surface area contributed by atoms with E-state index in [4.69, 9.17) is 11.6 Å². The summed E-state index contributed by atoms with van der Waals surface area (Å²) in [6.07, 6.45) is 0. The van der Waals surface area contributed by atoms with Gasteiger partial charge in [0.15, 0.2) is 0 Å². The van der Waals surface area contributed by atoms with Crippen molar-refractivity contribution in [3.8, 4) is 0 Å². The second-order valence-corrected chi connectivity index (χ2v) is 6.31. The van der Waals surface area contributed by atoms with Crippen LogP contribution < -0.4 is 5.32 Å². The fraction of sp³-hybridized carbons (Fsp3) is 0.0588. The third-order valence-electron chi connectivity index (χ3n) is 3.23. The molecule has 0 saturated heterocycles. The third-order valence-corrected chi connectivity index (χ3v) is 4.21. The van der Waals surface area contributed by atoms with Gasteiger partial charge in [-0.1, -0.05) is 48.0 Å². The first kappa shape index (κ1) is 13.7. The molecule has 0 spiro atoms. The Morgan fingerprint density at radius 2 is 1.70 bits per heavy atom. The molecule has 0 unspecified atom stereocenters. The lowest BCUT2D eigenvalue weighted by Gasteiger charge is -2.09. The summed E-state index contributed by atoms with van der Waals surface area (Å²) in [6, 6.07) is 20.9. The van der Waals surface area contributed by atoms with E-state index in [1.54, 1.807) is 0 Å². The molecule has 0 bridgehead atoms. The van der Waals surface area contributed by atoms with E-state index >= 15 is 0 Å². The van der Waals surface area contributed by atoms with Gasteiger partial charge >= 0.3 is 0 Å². The van der Waals surface area contributed by atoms with Gasteiger partial charge in [0.2, 0.25) is 0 Å². The molecule has 0 radical (unpaired) electrons. The molecular weight excluding hydrogens is 381 g/mol. The molecule has 0 aliphatic carbocycles. The maximum absolute atomic E-state index is 6.22. The zero-order valence-electron chi connectivity index (χ0n) is 10.7. The van der Waals surface area contributed by atoms with Gasteiger partial charge in [0.1, 0.15) is 0 Å². The highest BCUT2D eigenvalue weighted by Crippen LogP contribution is 2.24. The van der Waals surface area contributed by atoms with Gasteiger partial charge < -0.3 is 5.32 Å². The lowest BCUT2D eigenvalue weighted by molar-refractivity contribution is 1.15. The average Bonchev–Trinajstić information content (AvgIpc) is 2.46. The summed E-state index contributed by atoms with van der Waals surface area (Å²) in [5, 5.41) is 6.68.